The van der Waals surface area contributed by atoms with E-state index in [1.807, 2.05) is 6.92 Å². The molecule has 0 atom stereocenters. The van der Waals surface area contributed by atoms with Gasteiger partial charge in [-0.25, -0.2) is 5.43 Å². The van der Waals surface area contributed by atoms with Crippen molar-refractivity contribution < 1.29 is 0 Å². The summed E-state index contributed by atoms with van der Waals surface area (Å²) >= 11 is 0. The van der Waals surface area contributed by atoms with E-state index in [1.54, 1.807) is 0 Å². The highest BCUT2D eigenvalue weighted by atomic mass is 15.9. The molecule has 7 heteroatoms. The van der Waals surface area contributed by atoms with E-state index in [0.717, 1.165) is 6.54 Å². The van der Waals surface area contributed by atoms with E-state index in [2.05, 4.69) is 33.1 Å². The van der Waals surface area contributed by atoms with Crippen molar-refractivity contribution in [3.63, 3.8) is 0 Å². The fourth-order valence-corrected chi connectivity index (χ4v) is 0.231. The fraction of sp³-hybridized carbons (Fsp3) is 1.00. The Morgan fingerprint density at radius 2 is 1.78 bits per heavy atom. The highest BCUT2D eigenvalue weighted by Gasteiger charge is 1.74. The molecule has 0 radical (unpaired) electrons. The molecule has 0 saturated heterocycles. The van der Waals surface area contributed by atoms with Crippen molar-refractivity contribution in [1.29, 1.82) is 0 Å². The Labute approximate surface area is 53.6 Å². The molecule has 0 aliphatic heterocycles. The summed E-state index contributed by atoms with van der Waals surface area (Å²) in [6.07, 6.45) is 0. The van der Waals surface area contributed by atoms with E-state index < -0.39 is 0 Å². The number of hydrazine groups is 6. The summed E-state index contributed by atoms with van der Waals surface area (Å²) in [6.45, 7) is 2.79. The molecule has 0 unspecified atom stereocenters. The molecule has 0 spiro atoms. The van der Waals surface area contributed by atoms with Gasteiger partial charge in [0.1, 0.15) is 0 Å². The van der Waals surface area contributed by atoms with Crippen molar-refractivity contribution in [2.45, 2.75) is 6.92 Å². The molecule has 0 aromatic heterocycles. The van der Waals surface area contributed by atoms with Crippen LogP contribution < -0.4 is 38.9 Å². The zero-order chi connectivity index (χ0) is 6.95. The second-order valence-corrected chi connectivity index (χ2v) is 1.17. The van der Waals surface area contributed by atoms with Crippen molar-refractivity contribution in [2.24, 2.45) is 5.84 Å². The lowest BCUT2D eigenvalue weighted by Crippen LogP contribution is -2.60. The van der Waals surface area contributed by atoms with Gasteiger partial charge in [-0.3, -0.25) is 5.84 Å². The Bertz CT molecular complexity index is 40.2. The average Bonchev–Trinajstić information content (AvgIpc) is 1.89. The lowest BCUT2D eigenvalue weighted by Gasteiger charge is -2.07. The van der Waals surface area contributed by atoms with E-state index in [0.29, 0.717) is 0 Å². The van der Waals surface area contributed by atoms with Crippen molar-refractivity contribution in [3.05, 3.63) is 0 Å². The third kappa shape index (κ3) is 7.72. The van der Waals surface area contributed by atoms with Crippen LogP contribution in [-0.2, 0) is 0 Å². The van der Waals surface area contributed by atoms with Crippen LogP contribution in [0.25, 0.3) is 0 Å². The molecular weight excluding hydrogens is 122 g/mol. The van der Waals surface area contributed by atoms with Gasteiger partial charge < -0.3 is 0 Å². The molecule has 0 fully saturated rings. The standard InChI is InChI=1S/C2H13N7/c1-2-4-6-8-9-7-5-3/h4-9H,2-3H2,1H3. The molecule has 9 heavy (non-hydrogen) atoms. The van der Waals surface area contributed by atoms with Crippen molar-refractivity contribution >= 4 is 0 Å². The first kappa shape index (κ1) is 8.72. The van der Waals surface area contributed by atoms with Gasteiger partial charge in [0.05, 0.1) is 0 Å². The number of hydrogen-bond donors (Lipinski definition) is 7. The maximum atomic E-state index is 4.83. The first-order valence-electron chi connectivity index (χ1n) is 2.60. The summed E-state index contributed by atoms with van der Waals surface area (Å²) in [5.41, 5.74) is 14.9. The molecule has 7 nitrogen and oxygen atoms in total. The number of hydrogen-bond acceptors (Lipinski definition) is 7. The average molecular weight is 135 g/mol. The Morgan fingerprint density at radius 1 is 1.11 bits per heavy atom. The first-order chi connectivity index (χ1) is 4.41. The predicted octanol–water partition coefficient (Wildman–Crippen LogP) is -3.01. The summed E-state index contributed by atoms with van der Waals surface area (Å²) in [6, 6.07) is 0. The lowest BCUT2D eigenvalue weighted by molar-refractivity contribution is 0.300. The largest absolute Gasteiger partial charge is 0.257 e. The molecule has 0 amide bonds. The SMILES string of the molecule is CCNNNNNNN. The molecule has 0 aliphatic rings. The highest BCUT2D eigenvalue weighted by molar-refractivity contribution is 4.19. The van der Waals surface area contributed by atoms with Crippen LogP contribution >= 0.6 is 0 Å². The van der Waals surface area contributed by atoms with Gasteiger partial charge in [0, 0.05) is 6.54 Å². The van der Waals surface area contributed by atoms with Crippen LogP contribution in [-0.4, -0.2) is 6.54 Å². The van der Waals surface area contributed by atoms with Gasteiger partial charge in [0.15, 0.2) is 0 Å². The molecule has 56 valence electrons. The molecule has 0 heterocycles. The third-order valence-electron chi connectivity index (χ3n) is 0.525. The molecule has 0 aromatic carbocycles. The summed E-state index contributed by atoms with van der Waals surface area (Å²) < 4.78 is 0. The van der Waals surface area contributed by atoms with E-state index >= 15 is 0 Å². The van der Waals surface area contributed by atoms with E-state index in [-0.39, 0.29) is 0 Å². The minimum absolute atomic E-state index is 0.824. The quantitative estimate of drug-likeness (QED) is 0.118. The first-order valence-corrected chi connectivity index (χ1v) is 2.60. The summed E-state index contributed by atoms with van der Waals surface area (Å²) in [5, 5.41) is 0. The van der Waals surface area contributed by atoms with Gasteiger partial charge in [-0.2, -0.15) is 27.7 Å². The number of nitrogens with two attached hydrogens (primary N) is 1. The Hall–Kier alpha value is -0.280. The summed E-state index contributed by atoms with van der Waals surface area (Å²) in [7, 11) is 0. The minimum atomic E-state index is 0.824. The second kappa shape index (κ2) is 7.72. The van der Waals surface area contributed by atoms with Crippen LogP contribution in [0.2, 0.25) is 0 Å². The Morgan fingerprint density at radius 3 is 2.33 bits per heavy atom. The van der Waals surface area contributed by atoms with Crippen molar-refractivity contribution in [2.75, 3.05) is 6.54 Å². The normalized spacial score (nSPS) is 10.0. The van der Waals surface area contributed by atoms with Gasteiger partial charge in [0.2, 0.25) is 0 Å². The molecule has 0 aliphatic carbocycles. The summed E-state index contributed by atoms with van der Waals surface area (Å²) in [4.78, 5) is 0. The van der Waals surface area contributed by atoms with Crippen LogP contribution in [0.1, 0.15) is 6.92 Å². The van der Waals surface area contributed by atoms with Gasteiger partial charge in [-0.15, -0.1) is 0 Å². The Kier molecular flexibility index (Phi) is 7.48. The zero-order valence-corrected chi connectivity index (χ0v) is 5.28. The van der Waals surface area contributed by atoms with Crippen LogP contribution in [0, 0.1) is 0 Å². The van der Waals surface area contributed by atoms with Crippen LogP contribution in [0.4, 0.5) is 0 Å². The van der Waals surface area contributed by atoms with E-state index in [9.17, 15) is 0 Å². The van der Waals surface area contributed by atoms with Gasteiger partial charge in [0.25, 0.3) is 0 Å². The molecule has 0 rings (SSSR count). The van der Waals surface area contributed by atoms with E-state index in [1.165, 1.54) is 0 Å². The van der Waals surface area contributed by atoms with Crippen molar-refractivity contribution in [1.82, 2.24) is 33.1 Å². The van der Waals surface area contributed by atoms with Crippen LogP contribution in [0.3, 0.4) is 0 Å². The van der Waals surface area contributed by atoms with Crippen molar-refractivity contribution in [3.8, 4) is 0 Å². The molecule has 0 aromatic rings. The van der Waals surface area contributed by atoms with Gasteiger partial charge >= 0.3 is 0 Å². The maximum Gasteiger partial charge on any atom is 0.00850 e. The molecule has 0 bridgehead atoms. The fourth-order valence-electron chi connectivity index (χ4n) is 0.231. The second-order valence-electron chi connectivity index (χ2n) is 1.17. The van der Waals surface area contributed by atoms with Crippen LogP contribution in [0.15, 0.2) is 0 Å². The highest BCUT2D eigenvalue weighted by Crippen LogP contribution is 1.37. The smallest absolute Gasteiger partial charge is 0.00850 e. The third-order valence-corrected chi connectivity index (χ3v) is 0.525. The zero-order valence-electron chi connectivity index (χ0n) is 5.28. The van der Waals surface area contributed by atoms with Gasteiger partial charge in [-0.1, -0.05) is 6.92 Å². The molecule has 8 N–H and O–H groups in total. The topological polar surface area (TPSA) is 98.2 Å². The minimum Gasteiger partial charge on any atom is -0.257 e. The Balaban J connectivity index is 2.60. The lowest BCUT2D eigenvalue weighted by atomic mass is 10.8. The van der Waals surface area contributed by atoms with E-state index in [4.69, 9.17) is 5.84 Å². The summed E-state index contributed by atoms with van der Waals surface area (Å²) in [5.74, 6) is 4.83. The molecule has 0 saturated carbocycles. The maximum absolute atomic E-state index is 4.83. The van der Waals surface area contributed by atoms with Crippen LogP contribution in [0.5, 0.6) is 0 Å². The predicted molar refractivity (Wildman–Crippen MR) is 33.5 cm³/mol. The van der Waals surface area contributed by atoms with Gasteiger partial charge in [-0.05, 0) is 0 Å². The monoisotopic (exact) mass is 135 g/mol. The molecular formula is C2H13N7. The number of rotatable bonds is 6. The number of nitrogens with one attached hydrogen (secondary N) is 6.